The molecule has 1 amide bonds. The van der Waals surface area contributed by atoms with Gasteiger partial charge in [0.25, 0.3) is 0 Å². The molecule has 2 unspecified atom stereocenters. The summed E-state index contributed by atoms with van der Waals surface area (Å²) in [6.45, 7) is 1.86. The number of nitrogens with one attached hydrogen (secondary N) is 1. The Morgan fingerprint density at radius 1 is 1.53 bits per heavy atom. The number of aromatic nitrogens is 2. The van der Waals surface area contributed by atoms with E-state index in [1.807, 2.05) is 6.92 Å². The molecule has 2 rings (SSSR count). The monoisotopic (exact) mass is 226 g/mol. The molecule has 1 aliphatic carbocycles. The minimum atomic E-state index is 0.0269. The van der Waals surface area contributed by atoms with Crippen LogP contribution in [0.4, 0.5) is 5.13 Å². The Bertz CT molecular complexity index is 365. The molecule has 2 atom stereocenters. The zero-order valence-corrected chi connectivity index (χ0v) is 9.38. The Hall–Kier alpha value is -1.01. The summed E-state index contributed by atoms with van der Waals surface area (Å²) in [6, 6.07) is 0.178. The second kappa shape index (κ2) is 4.24. The van der Waals surface area contributed by atoms with Crippen molar-refractivity contribution in [2.45, 2.75) is 32.2 Å². The second-order valence-electron chi connectivity index (χ2n) is 3.89. The molecular weight excluding hydrogens is 212 g/mol. The van der Waals surface area contributed by atoms with E-state index in [2.05, 4.69) is 15.5 Å². The number of aryl methyl sites for hydroxylation is 1. The van der Waals surface area contributed by atoms with E-state index in [0.29, 0.717) is 5.13 Å². The highest BCUT2D eigenvalue weighted by atomic mass is 32.1. The number of hydrogen-bond acceptors (Lipinski definition) is 5. The van der Waals surface area contributed by atoms with Crippen LogP contribution in [0.5, 0.6) is 0 Å². The molecule has 0 aromatic carbocycles. The van der Waals surface area contributed by atoms with Crippen molar-refractivity contribution in [1.82, 2.24) is 10.2 Å². The zero-order valence-electron chi connectivity index (χ0n) is 8.56. The number of nitrogens with two attached hydrogens (primary N) is 1. The highest BCUT2D eigenvalue weighted by Gasteiger charge is 2.28. The fourth-order valence-corrected chi connectivity index (χ4v) is 2.40. The number of carbonyl (C=O) groups is 1. The fraction of sp³-hybridized carbons (Fsp3) is 0.667. The zero-order chi connectivity index (χ0) is 10.8. The highest BCUT2D eigenvalue weighted by molar-refractivity contribution is 7.15. The second-order valence-corrected chi connectivity index (χ2v) is 5.07. The van der Waals surface area contributed by atoms with E-state index in [9.17, 15) is 4.79 Å². The maximum Gasteiger partial charge on any atom is 0.229 e. The summed E-state index contributed by atoms with van der Waals surface area (Å²) >= 11 is 1.39. The Balaban J connectivity index is 1.92. The molecule has 1 aliphatic rings. The lowest BCUT2D eigenvalue weighted by molar-refractivity contribution is -0.119. The van der Waals surface area contributed by atoms with Crippen molar-refractivity contribution in [2.75, 3.05) is 5.32 Å². The molecule has 1 heterocycles. The largest absolute Gasteiger partial charge is 0.328 e. The molecule has 0 saturated heterocycles. The van der Waals surface area contributed by atoms with E-state index in [-0.39, 0.29) is 17.9 Å². The lowest BCUT2D eigenvalue weighted by Crippen LogP contribution is -2.23. The molecule has 15 heavy (non-hydrogen) atoms. The Kier molecular flexibility index (Phi) is 2.97. The summed E-state index contributed by atoms with van der Waals surface area (Å²) in [4.78, 5) is 11.7. The topological polar surface area (TPSA) is 80.9 Å². The maximum atomic E-state index is 11.7. The minimum absolute atomic E-state index is 0.0269. The van der Waals surface area contributed by atoms with E-state index in [0.717, 1.165) is 24.3 Å². The molecule has 6 heteroatoms. The number of hydrogen-bond donors (Lipinski definition) is 2. The van der Waals surface area contributed by atoms with Gasteiger partial charge in [-0.05, 0) is 26.2 Å². The maximum absolute atomic E-state index is 11.7. The Morgan fingerprint density at radius 2 is 2.33 bits per heavy atom. The van der Waals surface area contributed by atoms with Crippen LogP contribution in [0.1, 0.15) is 24.3 Å². The lowest BCUT2D eigenvalue weighted by atomic mass is 10.1. The van der Waals surface area contributed by atoms with Crippen LogP contribution in [0, 0.1) is 12.8 Å². The van der Waals surface area contributed by atoms with Crippen LogP contribution >= 0.6 is 11.3 Å². The molecule has 0 aliphatic heterocycles. The first-order valence-corrected chi connectivity index (χ1v) is 5.83. The van der Waals surface area contributed by atoms with Gasteiger partial charge < -0.3 is 11.1 Å². The van der Waals surface area contributed by atoms with Gasteiger partial charge in [0.1, 0.15) is 5.01 Å². The van der Waals surface area contributed by atoms with Gasteiger partial charge in [0.15, 0.2) is 0 Å². The number of rotatable bonds is 2. The fourth-order valence-electron chi connectivity index (χ4n) is 1.81. The molecule has 1 aromatic rings. The predicted octanol–water partition coefficient (Wildman–Crippen LogP) is 0.912. The first-order chi connectivity index (χ1) is 7.15. The molecule has 82 valence electrons. The van der Waals surface area contributed by atoms with Crippen molar-refractivity contribution in [3.8, 4) is 0 Å². The van der Waals surface area contributed by atoms with Gasteiger partial charge in [0.05, 0.1) is 0 Å². The first-order valence-electron chi connectivity index (χ1n) is 5.01. The van der Waals surface area contributed by atoms with E-state index in [4.69, 9.17) is 5.73 Å². The van der Waals surface area contributed by atoms with Crippen LogP contribution in [0.2, 0.25) is 0 Å². The molecule has 5 nitrogen and oxygen atoms in total. The number of nitrogens with zero attached hydrogens (tertiary/aromatic N) is 2. The summed E-state index contributed by atoms with van der Waals surface area (Å²) in [7, 11) is 0. The standard InChI is InChI=1S/C9H14N4OS/c1-5-12-13-9(15-5)11-8(14)6-2-3-7(10)4-6/h6-7H,2-4,10H2,1H3,(H,11,13,14). The summed E-state index contributed by atoms with van der Waals surface area (Å²) in [6.07, 6.45) is 2.60. The quantitative estimate of drug-likeness (QED) is 0.785. The van der Waals surface area contributed by atoms with Gasteiger partial charge in [0.2, 0.25) is 11.0 Å². The van der Waals surface area contributed by atoms with E-state index < -0.39 is 0 Å². The SMILES string of the molecule is Cc1nnc(NC(=O)C2CCC(N)C2)s1. The first kappa shape index (κ1) is 10.5. The summed E-state index contributed by atoms with van der Waals surface area (Å²) in [5.74, 6) is 0.0725. The van der Waals surface area contributed by atoms with Gasteiger partial charge in [-0.25, -0.2) is 0 Å². The number of carbonyl (C=O) groups excluding carboxylic acids is 1. The van der Waals surface area contributed by atoms with E-state index >= 15 is 0 Å². The van der Waals surface area contributed by atoms with Crippen LogP contribution in [-0.4, -0.2) is 22.1 Å². The van der Waals surface area contributed by atoms with Crippen LogP contribution in [0.25, 0.3) is 0 Å². The van der Waals surface area contributed by atoms with Crippen LogP contribution in [-0.2, 0) is 4.79 Å². The minimum Gasteiger partial charge on any atom is -0.328 e. The molecule has 1 aromatic heterocycles. The lowest BCUT2D eigenvalue weighted by Gasteiger charge is -2.07. The molecular formula is C9H14N4OS. The molecule has 3 N–H and O–H groups in total. The molecule has 0 spiro atoms. The van der Waals surface area contributed by atoms with Crippen molar-refractivity contribution in [2.24, 2.45) is 11.7 Å². The third kappa shape index (κ3) is 2.51. The van der Waals surface area contributed by atoms with Crippen molar-refractivity contribution >= 4 is 22.4 Å². The van der Waals surface area contributed by atoms with Crippen molar-refractivity contribution in [3.05, 3.63) is 5.01 Å². The average molecular weight is 226 g/mol. The molecule has 0 bridgehead atoms. The van der Waals surface area contributed by atoms with Crippen LogP contribution < -0.4 is 11.1 Å². The van der Waals surface area contributed by atoms with Crippen molar-refractivity contribution in [1.29, 1.82) is 0 Å². The highest BCUT2D eigenvalue weighted by Crippen LogP contribution is 2.25. The smallest absolute Gasteiger partial charge is 0.229 e. The van der Waals surface area contributed by atoms with Gasteiger partial charge in [-0.2, -0.15) is 0 Å². The Morgan fingerprint density at radius 3 is 2.87 bits per heavy atom. The van der Waals surface area contributed by atoms with Gasteiger partial charge >= 0.3 is 0 Å². The summed E-state index contributed by atoms with van der Waals surface area (Å²) in [5, 5.41) is 11.9. The van der Waals surface area contributed by atoms with Gasteiger partial charge in [0, 0.05) is 12.0 Å². The van der Waals surface area contributed by atoms with Gasteiger partial charge in [-0.1, -0.05) is 11.3 Å². The predicted molar refractivity (Wildman–Crippen MR) is 58.6 cm³/mol. The van der Waals surface area contributed by atoms with E-state index in [1.54, 1.807) is 0 Å². The Labute approximate surface area is 92.1 Å². The van der Waals surface area contributed by atoms with Gasteiger partial charge in [-0.15, -0.1) is 10.2 Å². The van der Waals surface area contributed by atoms with Crippen LogP contribution in [0.15, 0.2) is 0 Å². The van der Waals surface area contributed by atoms with Crippen molar-refractivity contribution < 1.29 is 4.79 Å². The van der Waals surface area contributed by atoms with E-state index in [1.165, 1.54) is 11.3 Å². The van der Waals surface area contributed by atoms with Gasteiger partial charge in [-0.3, -0.25) is 4.79 Å². The van der Waals surface area contributed by atoms with Crippen LogP contribution in [0.3, 0.4) is 0 Å². The summed E-state index contributed by atoms with van der Waals surface area (Å²) in [5.41, 5.74) is 5.76. The number of amides is 1. The normalized spacial score (nSPS) is 25.5. The molecule has 1 saturated carbocycles. The number of anilines is 1. The molecule has 0 radical (unpaired) electrons. The third-order valence-electron chi connectivity index (χ3n) is 2.60. The van der Waals surface area contributed by atoms with Crippen molar-refractivity contribution in [3.63, 3.8) is 0 Å². The molecule has 1 fully saturated rings. The average Bonchev–Trinajstić information content (AvgIpc) is 2.75. The summed E-state index contributed by atoms with van der Waals surface area (Å²) < 4.78 is 0. The third-order valence-corrected chi connectivity index (χ3v) is 3.35.